The number of ether oxygens (including phenoxy) is 1. The fourth-order valence-electron chi connectivity index (χ4n) is 2.87. The monoisotopic (exact) mass is 350 g/mol. The van der Waals surface area contributed by atoms with Crippen molar-refractivity contribution < 1.29 is 13.9 Å². The summed E-state index contributed by atoms with van der Waals surface area (Å²) in [5, 5.41) is 9.37. The van der Waals surface area contributed by atoms with E-state index in [0.29, 0.717) is 17.6 Å². The zero-order valence-corrected chi connectivity index (χ0v) is 14.8. The number of esters is 1. The van der Waals surface area contributed by atoms with Crippen LogP contribution in [0.3, 0.4) is 0 Å². The molecule has 2 aromatic rings. The van der Waals surface area contributed by atoms with E-state index in [-0.39, 0.29) is 11.7 Å². The van der Waals surface area contributed by atoms with Gasteiger partial charge in [-0.25, -0.2) is 0 Å². The van der Waals surface area contributed by atoms with Crippen molar-refractivity contribution in [2.75, 3.05) is 30.9 Å². The van der Waals surface area contributed by atoms with Crippen LogP contribution in [0.15, 0.2) is 28.0 Å². The van der Waals surface area contributed by atoms with E-state index in [2.05, 4.69) is 22.0 Å². The third-order valence-corrected chi connectivity index (χ3v) is 5.02. The molecule has 3 heterocycles. The van der Waals surface area contributed by atoms with Crippen molar-refractivity contribution in [1.29, 1.82) is 0 Å². The third-order valence-electron chi connectivity index (χ3n) is 4.08. The van der Waals surface area contributed by atoms with Gasteiger partial charge in [0.1, 0.15) is 5.76 Å². The van der Waals surface area contributed by atoms with Crippen molar-refractivity contribution in [2.45, 2.75) is 31.5 Å². The number of rotatable bonds is 6. The van der Waals surface area contributed by atoms with Gasteiger partial charge >= 0.3 is 5.97 Å². The van der Waals surface area contributed by atoms with E-state index >= 15 is 0 Å². The number of thioether (sulfide) groups is 1. The van der Waals surface area contributed by atoms with E-state index < -0.39 is 0 Å². The summed E-state index contributed by atoms with van der Waals surface area (Å²) >= 11 is 1.33. The van der Waals surface area contributed by atoms with Crippen LogP contribution in [-0.2, 0) is 16.1 Å². The maximum Gasteiger partial charge on any atom is 0.316 e. The van der Waals surface area contributed by atoms with Crippen molar-refractivity contribution in [1.82, 2.24) is 14.8 Å². The Morgan fingerprint density at radius 2 is 2.38 bits per heavy atom. The molecular formula is C16H22N4O3S. The Morgan fingerprint density at radius 1 is 1.50 bits per heavy atom. The molecule has 0 saturated carbocycles. The molecule has 0 amide bonds. The smallest absolute Gasteiger partial charge is 0.316 e. The van der Waals surface area contributed by atoms with Crippen molar-refractivity contribution in [3.8, 4) is 0 Å². The molecule has 3 rings (SSSR count). The van der Waals surface area contributed by atoms with Crippen molar-refractivity contribution >= 4 is 23.7 Å². The van der Waals surface area contributed by atoms with Gasteiger partial charge in [-0.2, -0.15) is 0 Å². The Labute approximate surface area is 145 Å². The molecule has 0 aromatic carbocycles. The Bertz CT molecular complexity index is 671. The minimum absolute atomic E-state index is 0.211. The molecule has 7 nitrogen and oxygen atoms in total. The standard InChI is InChI=1S/C16H22N4O3S/c1-12-5-3-7-19(9-12)15-17-18-16(24-11-14(21)22-2)20(15)10-13-6-4-8-23-13/h4,6,8,12H,3,5,7,9-11H2,1-2H3. The summed E-state index contributed by atoms with van der Waals surface area (Å²) in [4.78, 5) is 13.7. The Hall–Kier alpha value is -1.96. The lowest BCUT2D eigenvalue weighted by molar-refractivity contribution is -0.137. The molecule has 24 heavy (non-hydrogen) atoms. The number of carbonyl (C=O) groups excluding carboxylic acids is 1. The van der Waals surface area contributed by atoms with Gasteiger partial charge in [-0.3, -0.25) is 9.36 Å². The van der Waals surface area contributed by atoms with E-state index in [1.807, 2.05) is 16.7 Å². The lowest BCUT2D eigenvalue weighted by Crippen LogP contribution is -2.36. The van der Waals surface area contributed by atoms with Crippen molar-refractivity contribution in [3.63, 3.8) is 0 Å². The van der Waals surface area contributed by atoms with Gasteiger partial charge in [0.15, 0.2) is 5.16 Å². The first-order chi connectivity index (χ1) is 11.7. The molecule has 1 aliphatic rings. The summed E-state index contributed by atoms with van der Waals surface area (Å²) < 4.78 is 12.2. The molecule has 1 aliphatic heterocycles. The highest BCUT2D eigenvalue weighted by atomic mass is 32.2. The quantitative estimate of drug-likeness (QED) is 0.585. The average Bonchev–Trinajstić information content (AvgIpc) is 3.23. The number of anilines is 1. The molecule has 0 bridgehead atoms. The highest BCUT2D eigenvalue weighted by Crippen LogP contribution is 2.27. The molecule has 1 atom stereocenters. The minimum Gasteiger partial charge on any atom is -0.468 e. The van der Waals surface area contributed by atoms with E-state index in [1.165, 1.54) is 25.3 Å². The molecule has 0 radical (unpaired) electrons. The molecule has 0 spiro atoms. The molecule has 130 valence electrons. The summed E-state index contributed by atoms with van der Waals surface area (Å²) in [6.07, 6.45) is 4.05. The highest BCUT2D eigenvalue weighted by Gasteiger charge is 2.24. The lowest BCUT2D eigenvalue weighted by Gasteiger charge is -2.31. The topological polar surface area (TPSA) is 73.4 Å². The molecule has 8 heteroatoms. The summed E-state index contributed by atoms with van der Waals surface area (Å²) in [6.45, 7) is 4.75. The largest absolute Gasteiger partial charge is 0.468 e. The minimum atomic E-state index is -0.277. The number of hydrogen-bond donors (Lipinski definition) is 0. The second-order valence-corrected chi connectivity index (χ2v) is 6.95. The Kier molecular flexibility index (Phi) is 5.44. The van der Waals surface area contributed by atoms with Gasteiger partial charge in [-0.05, 0) is 30.9 Å². The van der Waals surface area contributed by atoms with Gasteiger partial charge in [-0.15, -0.1) is 10.2 Å². The predicted octanol–water partition coefficient (Wildman–Crippen LogP) is 2.42. The average molecular weight is 350 g/mol. The SMILES string of the molecule is COC(=O)CSc1nnc(N2CCCC(C)C2)n1Cc1ccco1. The van der Waals surface area contributed by atoms with Crippen LogP contribution in [-0.4, -0.2) is 46.7 Å². The van der Waals surface area contributed by atoms with E-state index in [1.54, 1.807) is 6.26 Å². The number of nitrogens with zero attached hydrogens (tertiary/aromatic N) is 4. The molecule has 1 unspecified atom stereocenters. The molecule has 0 aliphatic carbocycles. The molecule has 1 saturated heterocycles. The maximum atomic E-state index is 11.4. The van der Waals surface area contributed by atoms with E-state index in [4.69, 9.17) is 9.15 Å². The second-order valence-electron chi connectivity index (χ2n) is 6.01. The van der Waals surface area contributed by atoms with Gasteiger partial charge in [0.2, 0.25) is 5.95 Å². The Morgan fingerprint density at radius 3 is 3.08 bits per heavy atom. The number of aromatic nitrogens is 3. The summed E-state index contributed by atoms with van der Waals surface area (Å²) in [5.74, 6) is 2.24. The Balaban J connectivity index is 1.84. The third kappa shape index (κ3) is 3.92. The first kappa shape index (κ1) is 16.9. The fourth-order valence-corrected chi connectivity index (χ4v) is 3.64. The summed E-state index contributed by atoms with van der Waals surface area (Å²) in [7, 11) is 1.39. The number of methoxy groups -OCH3 is 1. The first-order valence-corrected chi connectivity index (χ1v) is 9.06. The zero-order valence-electron chi connectivity index (χ0n) is 14.0. The van der Waals surface area contributed by atoms with Crippen LogP contribution in [0.2, 0.25) is 0 Å². The van der Waals surface area contributed by atoms with Crippen LogP contribution in [0.5, 0.6) is 0 Å². The molecule has 1 fully saturated rings. The van der Waals surface area contributed by atoms with Gasteiger partial charge in [-0.1, -0.05) is 18.7 Å². The number of piperidine rings is 1. The van der Waals surface area contributed by atoms with Crippen LogP contribution in [0.4, 0.5) is 5.95 Å². The van der Waals surface area contributed by atoms with Gasteiger partial charge in [0, 0.05) is 13.1 Å². The fraction of sp³-hybridized carbons (Fsp3) is 0.562. The first-order valence-electron chi connectivity index (χ1n) is 8.07. The predicted molar refractivity (Wildman–Crippen MR) is 91.2 cm³/mol. The van der Waals surface area contributed by atoms with Gasteiger partial charge in [0.05, 0.1) is 25.7 Å². The number of hydrogen-bond acceptors (Lipinski definition) is 7. The normalized spacial score (nSPS) is 17.9. The van der Waals surface area contributed by atoms with Gasteiger partial charge in [0.25, 0.3) is 0 Å². The molecular weight excluding hydrogens is 328 g/mol. The van der Waals surface area contributed by atoms with Crippen molar-refractivity contribution in [2.24, 2.45) is 5.92 Å². The van der Waals surface area contributed by atoms with E-state index in [0.717, 1.165) is 31.2 Å². The van der Waals surface area contributed by atoms with Gasteiger partial charge < -0.3 is 14.1 Å². The highest BCUT2D eigenvalue weighted by molar-refractivity contribution is 7.99. The zero-order chi connectivity index (χ0) is 16.9. The van der Waals surface area contributed by atoms with Crippen LogP contribution in [0.1, 0.15) is 25.5 Å². The summed E-state index contributed by atoms with van der Waals surface area (Å²) in [5.41, 5.74) is 0. The van der Waals surface area contributed by atoms with Crippen molar-refractivity contribution in [3.05, 3.63) is 24.2 Å². The number of carbonyl (C=O) groups is 1. The molecule has 0 N–H and O–H groups in total. The summed E-state index contributed by atoms with van der Waals surface area (Å²) in [6, 6.07) is 3.79. The van der Waals surface area contributed by atoms with E-state index in [9.17, 15) is 4.79 Å². The molecule has 2 aromatic heterocycles. The second kappa shape index (κ2) is 7.74. The lowest BCUT2D eigenvalue weighted by atomic mass is 10.0. The van der Waals surface area contributed by atoms with Crippen LogP contribution < -0.4 is 4.90 Å². The maximum absolute atomic E-state index is 11.4. The number of furan rings is 1. The van der Waals surface area contributed by atoms with Crippen LogP contribution >= 0.6 is 11.8 Å². The van der Waals surface area contributed by atoms with Crippen LogP contribution in [0, 0.1) is 5.92 Å². The van der Waals surface area contributed by atoms with Crippen LogP contribution in [0.25, 0.3) is 0 Å².